The summed E-state index contributed by atoms with van der Waals surface area (Å²) in [5.41, 5.74) is 2.05. The Morgan fingerprint density at radius 3 is 1.38 bits per heavy atom. The van der Waals surface area contributed by atoms with Gasteiger partial charge in [0.25, 0.3) is 0 Å². The third-order valence-corrected chi connectivity index (χ3v) is 8.86. The number of ether oxygens (including phenoxy) is 5. The van der Waals surface area contributed by atoms with E-state index in [1.807, 2.05) is 13.0 Å². The maximum absolute atomic E-state index is 6.14. The Labute approximate surface area is 240 Å². The number of hydrogen-bond donors (Lipinski definition) is 0. The third-order valence-electron chi connectivity index (χ3n) is 8.86. The Hall–Kier alpha value is -1.58. The van der Waals surface area contributed by atoms with E-state index in [1.54, 1.807) is 14.2 Å². The minimum absolute atomic E-state index is 0.591. The van der Waals surface area contributed by atoms with Crippen molar-refractivity contribution in [1.82, 2.24) is 0 Å². The van der Waals surface area contributed by atoms with Crippen LogP contribution in [0.1, 0.15) is 47.1 Å². The van der Waals surface area contributed by atoms with Crippen LogP contribution in [-0.4, -0.2) is 128 Å². The van der Waals surface area contributed by atoms with Gasteiger partial charge in [-0.1, -0.05) is 0 Å². The normalized spacial score (nSPS) is 12.1. The van der Waals surface area contributed by atoms with E-state index in [4.69, 9.17) is 23.7 Å². The molecule has 0 aliphatic carbocycles. The summed E-state index contributed by atoms with van der Waals surface area (Å²) < 4.78 is 31.6. The van der Waals surface area contributed by atoms with Gasteiger partial charge in [-0.05, 0) is 60.1 Å². The fourth-order valence-corrected chi connectivity index (χ4v) is 5.21. The van der Waals surface area contributed by atoms with Crippen LogP contribution in [0.5, 0.6) is 11.5 Å². The Morgan fingerprint density at radius 2 is 0.974 bits per heavy atom. The summed E-state index contributed by atoms with van der Waals surface area (Å²) in [6.07, 6.45) is 0. The highest BCUT2D eigenvalue weighted by atomic mass is 16.5. The van der Waals surface area contributed by atoms with Crippen LogP contribution in [0.4, 0.5) is 5.69 Å². The fourth-order valence-electron chi connectivity index (χ4n) is 5.21. The molecule has 0 aromatic heterocycles. The molecule has 1 aromatic rings. The van der Waals surface area contributed by atoms with Crippen LogP contribution in [0.25, 0.3) is 0 Å². The van der Waals surface area contributed by atoms with Gasteiger partial charge in [-0.3, -0.25) is 0 Å². The van der Waals surface area contributed by atoms with Crippen molar-refractivity contribution in [2.45, 2.75) is 48.5 Å². The van der Waals surface area contributed by atoms with E-state index < -0.39 is 0 Å². The van der Waals surface area contributed by atoms with Crippen LogP contribution in [0, 0.1) is 6.92 Å². The molecule has 0 fully saturated rings. The first-order valence-electron chi connectivity index (χ1n) is 15.2. The summed E-state index contributed by atoms with van der Waals surface area (Å²) in [7, 11) is 3.42. The van der Waals surface area contributed by atoms with Gasteiger partial charge < -0.3 is 37.6 Å². The first kappa shape index (κ1) is 35.4. The number of nitrogens with zero attached hydrogens (tertiary/aromatic N) is 3. The summed E-state index contributed by atoms with van der Waals surface area (Å²) in [6.45, 7) is 30.1. The first-order chi connectivity index (χ1) is 18.8. The fraction of sp³-hybridized carbons (Fsp3) is 0.806. The summed E-state index contributed by atoms with van der Waals surface area (Å²) in [6, 6.07) is 4.10. The van der Waals surface area contributed by atoms with Gasteiger partial charge >= 0.3 is 0 Å². The summed E-state index contributed by atoms with van der Waals surface area (Å²) in [5, 5.41) is 0. The lowest BCUT2D eigenvalue weighted by molar-refractivity contribution is -0.923. The average Bonchev–Trinajstić information content (AvgIpc) is 2.97. The second-order valence-corrected chi connectivity index (χ2v) is 10.3. The SMILES string of the molecule is CC[N+](CC)(CC)CCOCCOCCN(CCOCC[N+](CC)(CC)CC)c1cc(OC)c(C)cc1OC. The van der Waals surface area contributed by atoms with Gasteiger partial charge in [0.05, 0.1) is 98.8 Å². The predicted molar refractivity (Wildman–Crippen MR) is 162 cm³/mol. The van der Waals surface area contributed by atoms with E-state index in [2.05, 4.69) is 52.5 Å². The van der Waals surface area contributed by atoms with Crippen molar-refractivity contribution in [3.05, 3.63) is 17.7 Å². The third kappa shape index (κ3) is 11.4. The highest BCUT2D eigenvalue weighted by Crippen LogP contribution is 2.35. The van der Waals surface area contributed by atoms with E-state index in [9.17, 15) is 0 Å². The van der Waals surface area contributed by atoms with Crippen molar-refractivity contribution < 1.29 is 32.7 Å². The molecule has 0 N–H and O–H groups in total. The van der Waals surface area contributed by atoms with Gasteiger partial charge in [0.15, 0.2) is 0 Å². The van der Waals surface area contributed by atoms with Crippen LogP contribution < -0.4 is 14.4 Å². The Morgan fingerprint density at radius 1 is 0.564 bits per heavy atom. The number of rotatable bonds is 24. The molecule has 0 atom stereocenters. The van der Waals surface area contributed by atoms with Gasteiger partial charge in [0.1, 0.15) is 24.6 Å². The topological polar surface area (TPSA) is 49.4 Å². The molecule has 0 unspecified atom stereocenters. The van der Waals surface area contributed by atoms with Crippen molar-refractivity contribution in [3.63, 3.8) is 0 Å². The summed E-state index contributed by atoms with van der Waals surface area (Å²) in [5.74, 6) is 1.68. The predicted octanol–water partition coefficient (Wildman–Crippen LogP) is 4.62. The zero-order valence-corrected chi connectivity index (χ0v) is 26.9. The minimum atomic E-state index is 0.591. The number of benzene rings is 1. The van der Waals surface area contributed by atoms with Crippen molar-refractivity contribution in [1.29, 1.82) is 0 Å². The lowest BCUT2D eigenvalue weighted by atomic mass is 10.1. The number of quaternary nitrogens is 2. The molecular weight excluding hydrogens is 494 g/mol. The van der Waals surface area contributed by atoms with Crippen molar-refractivity contribution >= 4 is 5.69 Å². The van der Waals surface area contributed by atoms with Crippen LogP contribution in [0.15, 0.2) is 12.1 Å². The molecular formula is C31H61N3O5+2. The molecule has 0 bridgehead atoms. The molecule has 8 heteroatoms. The van der Waals surface area contributed by atoms with E-state index in [0.29, 0.717) is 26.4 Å². The average molecular weight is 556 g/mol. The van der Waals surface area contributed by atoms with Gasteiger partial charge in [-0.2, -0.15) is 0 Å². The maximum Gasteiger partial charge on any atom is 0.142 e. The monoisotopic (exact) mass is 555 g/mol. The molecule has 228 valence electrons. The Bertz CT molecular complexity index is 752. The second-order valence-electron chi connectivity index (χ2n) is 10.3. The quantitative estimate of drug-likeness (QED) is 0.137. The standard InChI is InChI=1S/C31H61N3O5/c1-10-33(11-2,12-3)18-22-37-20-16-32(29-27-30(35-8)28(7)26-31(29)36-9)17-21-38-24-25-39-23-19-34(13-4,14-5)15-6/h26-27H,10-25H2,1-9H3/q+2. The van der Waals surface area contributed by atoms with Crippen LogP contribution in [-0.2, 0) is 14.2 Å². The minimum Gasteiger partial charge on any atom is -0.496 e. The van der Waals surface area contributed by atoms with Crippen LogP contribution >= 0.6 is 0 Å². The molecule has 39 heavy (non-hydrogen) atoms. The number of aryl methyl sites for hydroxylation is 1. The van der Waals surface area contributed by atoms with E-state index in [0.717, 1.165) is 110 Å². The van der Waals surface area contributed by atoms with E-state index in [-0.39, 0.29) is 0 Å². The van der Waals surface area contributed by atoms with Gasteiger partial charge in [0.2, 0.25) is 0 Å². The van der Waals surface area contributed by atoms with Crippen molar-refractivity contribution in [3.8, 4) is 11.5 Å². The molecule has 0 aliphatic rings. The summed E-state index contributed by atoms with van der Waals surface area (Å²) in [4.78, 5) is 2.28. The highest BCUT2D eigenvalue weighted by molar-refractivity contribution is 5.64. The molecule has 1 aromatic carbocycles. The largest absolute Gasteiger partial charge is 0.496 e. The smallest absolute Gasteiger partial charge is 0.142 e. The lowest BCUT2D eigenvalue weighted by Gasteiger charge is -2.35. The van der Waals surface area contributed by atoms with Crippen molar-refractivity contribution in [2.24, 2.45) is 0 Å². The van der Waals surface area contributed by atoms with E-state index >= 15 is 0 Å². The van der Waals surface area contributed by atoms with Gasteiger partial charge in [-0.25, -0.2) is 0 Å². The molecule has 1 rings (SSSR count). The van der Waals surface area contributed by atoms with Crippen LogP contribution in [0.3, 0.4) is 0 Å². The maximum atomic E-state index is 6.14. The lowest BCUT2D eigenvalue weighted by Crippen LogP contribution is -2.49. The highest BCUT2D eigenvalue weighted by Gasteiger charge is 2.21. The number of hydrogen-bond acceptors (Lipinski definition) is 6. The number of likely N-dealkylation sites (N-methyl/N-ethyl adjacent to an activating group) is 2. The molecule has 8 nitrogen and oxygen atoms in total. The van der Waals surface area contributed by atoms with E-state index in [1.165, 1.54) is 0 Å². The molecule has 0 heterocycles. The second kappa shape index (κ2) is 19.5. The molecule has 0 saturated heterocycles. The zero-order valence-electron chi connectivity index (χ0n) is 26.9. The van der Waals surface area contributed by atoms with Gasteiger partial charge in [-0.15, -0.1) is 0 Å². The number of methoxy groups -OCH3 is 2. The Kier molecular flexibility index (Phi) is 17.7. The molecule has 0 saturated carbocycles. The van der Waals surface area contributed by atoms with Crippen molar-refractivity contribution in [2.75, 3.05) is 124 Å². The first-order valence-corrected chi connectivity index (χ1v) is 15.2. The molecule has 0 spiro atoms. The Balaban J connectivity index is 2.67. The van der Waals surface area contributed by atoms with Gasteiger partial charge in [0, 0.05) is 19.2 Å². The zero-order chi connectivity index (χ0) is 29.2. The van der Waals surface area contributed by atoms with Crippen LogP contribution in [0.2, 0.25) is 0 Å². The number of anilines is 1. The summed E-state index contributed by atoms with van der Waals surface area (Å²) >= 11 is 0. The molecule has 0 aliphatic heterocycles. The molecule has 0 amide bonds. The molecule has 0 radical (unpaired) electrons.